The van der Waals surface area contributed by atoms with Crippen LogP contribution in [0.15, 0.2) is 57.6 Å². The van der Waals surface area contributed by atoms with Crippen molar-refractivity contribution in [2.45, 2.75) is 4.90 Å². The Kier molecular flexibility index (Phi) is 5.30. The Labute approximate surface area is 133 Å². The molecule has 7 nitrogen and oxygen atoms in total. The lowest BCUT2D eigenvalue weighted by molar-refractivity contribution is 0.319. The highest BCUT2D eigenvalue weighted by molar-refractivity contribution is 7.91. The molecule has 2 aromatic rings. The van der Waals surface area contributed by atoms with E-state index in [0.29, 0.717) is 11.4 Å². The van der Waals surface area contributed by atoms with Crippen molar-refractivity contribution in [3.63, 3.8) is 0 Å². The first-order valence-electron chi connectivity index (χ1n) is 6.68. The zero-order valence-electron chi connectivity index (χ0n) is 12.4. The van der Waals surface area contributed by atoms with Crippen LogP contribution < -0.4 is 4.74 Å². The molecule has 0 atom stereocenters. The van der Waals surface area contributed by atoms with E-state index in [9.17, 15) is 13.5 Å². The molecule has 2 N–H and O–H groups in total. The third-order valence-corrected chi connectivity index (χ3v) is 4.72. The number of aromatic hydroxyl groups is 1. The number of azo groups is 1. The summed E-state index contributed by atoms with van der Waals surface area (Å²) in [7, 11) is -1.99. The summed E-state index contributed by atoms with van der Waals surface area (Å²) in [5.74, 6) is 0.157. The smallest absolute Gasteiger partial charge is 0.180 e. The summed E-state index contributed by atoms with van der Waals surface area (Å²) in [5, 5.41) is 26.3. The number of ether oxygens (including phenoxy) is 1. The van der Waals surface area contributed by atoms with Crippen LogP contribution in [0.1, 0.15) is 0 Å². The molecule has 0 unspecified atom stereocenters. The topological polar surface area (TPSA) is 109 Å². The predicted octanol–water partition coefficient (Wildman–Crippen LogP) is 2.58. The van der Waals surface area contributed by atoms with Crippen LogP contribution in [0.3, 0.4) is 0 Å². The number of hydrogen-bond donors (Lipinski definition) is 2. The van der Waals surface area contributed by atoms with Gasteiger partial charge in [0.25, 0.3) is 0 Å². The number of phenols is 1. The second-order valence-corrected chi connectivity index (χ2v) is 6.70. The summed E-state index contributed by atoms with van der Waals surface area (Å²) < 4.78 is 28.6. The van der Waals surface area contributed by atoms with Gasteiger partial charge in [-0.15, -0.1) is 5.11 Å². The number of phenolic OH excluding ortho intramolecular Hbond substituents is 1. The lowest BCUT2D eigenvalue weighted by Gasteiger charge is -2.03. The fourth-order valence-electron chi connectivity index (χ4n) is 1.78. The van der Waals surface area contributed by atoms with Gasteiger partial charge >= 0.3 is 0 Å². The average molecular weight is 336 g/mol. The second-order valence-electron chi connectivity index (χ2n) is 4.59. The van der Waals surface area contributed by atoms with Gasteiger partial charge in [-0.25, -0.2) is 8.42 Å². The summed E-state index contributed by atoms with van der Waals surface area (Å²) >= 11 is 0. The zero-order valence-corrected chi connectivity index (χ0v) is 13.2. The van der Waals surface area contributed by atoms with Crippen LogP contribution in [0, 0.1) is 0 Å². The number of rotatable bonds is 6. The van der Waals surface area contributed by atoms with Gasteiger partial charge in [0.1, 0.15) is 17.2 Å². The molecule has 0 saturated heterocycles. The number of methoxy groups -OCH3 is 1. The molecule has 0 aliphatic heterocycles. The zero-order chi connectivity index (χ0) is 16.9. The quantitative estimate of drug-likeness (QED) is 0.788. The van der Waals surface area contributed by atoms with E-state index in [4.69, 9.17) is 9.84 Å². The van der Waals surface area contributed by atoms with Gasteiger partial charge in [-0.05, 0) is 36.4 Å². The summed E-state index contributed by atoms with van der Waals surface area (Å²) in [4.78, 5) is 0.106. The van der Waals surface area contributed by atoms with E-state index in [1.54, 1.807) is 6.07 Å². The van der Waals surface area contributed by atoms with Gasteiger partial charge in [0.15, 0.2) is 9.84 Å². The molecule has 0 aliphatic rings. The van der Waals surface area contributed by atoms with Crippen LogP contribution in [0.25, 0.3) is 0 Å². The summed E-state index contributed by atoms with van der Waals surface area (Å²) in [6.07, 6.45) is 0. The van der Waals surface area contributed by atoms with E-state index in [1.165, 1.54) is 43.5 Å². The molecular weight excluding hydrogens is 320 g/mol. The maximum Gasteiger partial charge on any atom is 0.180 e. The molecule has 0 aliphatic carbocycles. The van der Waals surface area contributed by atoms with Crippen molar-refractivity contribution in [3.8, 4) is 11.5 Å². The molecule has 0 radical (unpaired) electrons. The second kappa shape index (κ2) is 7.21. The molecule has 2 aromatic carbocycles. The standard InChI is InChI=1S/C15H16N2O5S/c1-22-12-4-7-15(19)14(10-12)17-16-11-2-5-13(6-3-11)23(20,21)9-8-18/h2-7,10,18-19H,8-9H2,1H3. The van der Waals surface area contributed by atoms with Crippen molar-refractivity contribution in [1.29, 1.82) is 0 Å². The monoisotopic (exact) mass is 336 g/mol. The number of hydrogen-bond acceptors (Lipinski definition) is 7. The highest BCUT2D eigenvalue weighted by Gasteiger charge is 2.13. The number of nitrogens with zero attached hydrogens (tertiary/aromatic N) is 2. The van der Waals surface area contributed by atoms with Crippen LogP contribution in [0.5, 0.6) is 11.5 Å². The van der Waals surface area contributed by atoms with Crippen LogP contribution in [0.4, 0.5) is 11.4 Å². The number of benzene rings is 2. The van der Waals surface area contributed by atoms with Crippen LogP contribution in [0.2, 0.25) is 0 Å². The van der Waals surface area contributed by atoms with Crippen molar-refractivity contribution in [1.82, 2.24) is 0 Å². The maximum atomic E-state index is 11.8. The van der Waals surface area contributed by atoms with Crippen molar-refractivity contribution >= 4 is 21.2 Å². The average Bonchev–Trinajstić information content (AvgIpc) is 2.54. The number of aliphatic hydroxyl groups is 1. The van der Waals surface area contributed by atoms with Gasteiger partial charge in [-0.3, -0.25) is 0 Å². The first-order valence-corrected chi connectivity index (χ1v) is 8.34. The Morgan fingerprint density at radius 2 is 1.78 bits per heavy atom. The van der Waals surface area contributed by atoms with Gasteiger partial charge in [0.05, 0.1) is 30.1 Å². The van der Waals surface area contributed by atoms with Crippen molar-refractivity contribution < 1.29 is 23.4 Å². The molecule has 0 spiro atoms. The number of sulfone groups is 1. The molecule has 0 amide bonds. The Bertz CT molecular complexity index is 801. The van der Waals surface area contributed by atoms with E-state index >= 15 is 0 Å². The molecule has 0 heterocycles. The highest BCUT2D eigenvalue weighted by atomic mass is 32.2. The molecule has 0 saturated carbocycles. The molecule has 2 rings (SSSR count). The summed E-state index contributed by atoms with van der Waals surface area (Å²) in [6.45, 7) is -0.432. The molecule has 8 heteroatoms. The van der Waals surface area contributed by atoms with E-state index in [-0.39, 0.29) is 22.1 Å². The Morgan fingerprint density at radius 1 is 1.09 bits per heavy atom. The third-order valence-electron chi connectivity index (χ3n) is 3.01. The molecule has 0 aromatic heterocycles. The van der Waals surface area contributed by atoms with Gasteiger partial charge in [-0.2, -0.15) is 5.11 Å². The van der Waals surface area contributed by atoms with Crippen LogP contribution in [-0.4, -0.2) is 38.1 Å². The molecule has 0 fully saturated rings. The largest absolute Gasteiger partial charge is 0.506 e. The summed E-state index contributed by atoms with van der Waals surface area (Å²) in [6, 6.07) is 10.3. The fraction of sp³-hybridized carbons (Fsp3) is 0.200. The summed E-state index contributed by atoms with van der Waals surface area (Å²) in [5.41, 5.74) is 0.663. The lowest BCUT2D eigenvalue weighted by Crippen LogP contribution is -2.09. The van der Waals surface area contributed by atoms with Crippen LogP contribution in [-0.2, 0) is 9.84 Å². The molecule has 23 heavy (non-hydrogen) atoms. The van der Waals surface area contributed by atoms with Crippen molar-refractivity contribution in [2.75, 3.05) is 19.5 Å². The van der Waals surface area contributed by atoms with Gasteiger partial charge < -0.3 is 14.9 Å². The lowest BCUT2D eigenvalue weighted by atomic mass is 10.3. The minimum Gasteiger partial charge on any atom is -0.506 e. The van der Waals surface area contributed by atoms with E-state index in [1.807, 2.05) is 0 Å². The molecular formula is C15H16N2O5S. The molecule has 0 bridgehead atoms. The van der Waals surface area contributed by atoms with E-state index in [0.717, 1.165) is 0 Å². The highest BCUT2D eigenvalue weighted by Crippen LogP contribution is 2.32. The Hall–Kier alpha value is -2.45. The van der Waals surface area contributed by atoms with Crippen LogP contribution >= 0.6 is 0 Å². The number of aliphatic hydroxyl groups excluding tert-OH is 1. The normalized spacial score (nSPS) is 11.7. The Balaban J connectivity index is 2.21. The van der Waals surface area contributed by atoms with Gasteiger partial charge in [0.2, 0.25) is 0 Å². The minimum atomic E-state index is -3.49. The minimum absolute atomic E-state index is 0.0447. The predicted molar refractivity (Wildman–Crippen MR) is 84.4 cm³/mol. The van der Waals surface area contributed by atoms with E-state index in [2.05, 4.69) is 10.2 Å². The van der Waals surface area contributed by atoms with Gasteiger partial charge in [-0.1, -0.05) is 0 Å². The van der Waals surface area contributed by atoms with Gasteiger partial charge in [0, 0.05) is 6.07 Å². The van der Waals surface area contributed by atoms with Crippen molar-refractivity contribution in [2.24, 2.45) is 10.2 Å². The first kappa shape index (κ1) is 16.9. The SMILES string of the molecule is COc1ccc(O)c(N=Nc2ccc(S(=O)(=O)CCO)cc2)c1. The fourth-order valence-corrected chi connectivity index (χ4v) is 2.81. The van der Waals surface area contributed by atoms with Crippen molar-refractivity contribution in [3.05, 3.63) is 42.5 Å². The first-order chi connectivity index (χ1) is 11.0. The molecule has 122 valence electrons. The maximum absolute atomic E-state index is 11.8. The Morgan fingerprint density at radius 3 is 2.39 bits per heavy atom. The third kappa shape index (κ3) is 4.27. The van der Waals surface area contributed by atoms with E-state index < -0.39 is 16.4 Å².